The number of halogens is 1. The molecule has 0 saturated heterocycles. The number of methoxy groups -OCH3 is 1. The fourth-order valence-corrected chi connectivity index (χ4v) is 6.13. The van der Waals surface area contributed by atoms with Crippen LogP contribution in [0.4, 0.5) is 10.3 Å². The van der Waals surface area contributed by atoms with Crippen molar-refractivity contribution < 1.29 is 18.6 Å². The molecule has 4 unspecified atom stereocenters. The molecule has 4 atom stereocenters. The van der Waals surface area contributed by atoms with Crippen LogP contribution in [-0.2, 0) is 19.6 Å². The molecule has 0 radical (unpaired) electrons. The molecule has 6 bridgehead atoms. The van der Waals surface area contributed by atoms with E-state index in [0.717, 1.165) is 48.7 Å². The second-order valence-electron chi connectivity index (χ2n) is 10.5. The zero-order valence-corrected chi connectivity index (χ0v) is 20.9. The smallest absolute Gasteiger partial charge is 0.227 e. The molecule has 1 aromatic heterocycles. The van der Waals surface area contributed by atoms with E-state index in [1.54, 1.807) is 25.5 Å². The molecule has 0 aromatic carbocycles. The minimum Gasteiger partial charge on any atom is -0.495 e. The molecule has 7 nitrogen and oxygen atoms in total. The van der Waals surface area contributed by atoms with Gasteiger partial charge in [0.2, 0.25) is 5.95 Å². The van der Waals surface area contributed by atoms with Crippen molar-refractivity contribution in [3.63, 3.8) is 0 Å². The number of hydrogen-bond acceptors (Lipinski definition) is 7. The Kier molecular flexibility index (Phi) is 6.06. The number of rotatable bonds is 4. The van der Waals surface area contributed by atoms with Gasteiger partial charge in [-0.15, -0.1) is 0 Å². The second-order valence-corrected chi connectivity index (χ2v) is 10.5. The molecule has 4 aliphatic carbocycles. The molecular weight excluding hydrogens is 459 g/mol. The zero-order valence-electron chi connectivity index (χ0n) is 20.9. The summed E-state index contributed by atoms with van der Waals surface area (Å²) in [6.45, 7) is 3.71. The molecule has 1 aliphatic heterocycles. The average Bonchev–Trinajstić information content (AvgIpc) is 3.77. The minimum absolute atomic E-state index is 0.0812. The summed E-state index contributed by atoms with van der Waals surface area (Å²) in [5.74, 6) is 1.87. The number of nitrogens with zero attached hydrogens (tertiary/aromatic N) is 3. The van der Waals surface area contributed by atoms with Crippen molar-refractivity contribution in [2.24, 2.45) is 17.3 Å². The first-order chi connectivity index (χ1) is 17.5. The number of anilines is 1. The van der Waals surface area contributed by atoms with Gasteiger partial charge in [-0.05, 0) is 61.8 Å². The Morgan fingerprint density at radius 1 is 1.22 bits per heavy atom. The summed E-state index contributed by atoms with van der Waals surface area (Å²) in [5, 5.41) is 3.49. The largest absolute Gasteiger partial charge is 0.495 e. The van der Waals surface area contributed by atoms with Gasteiger partial charge in [0.25, 0.3) is 0 Å². The van der Waals surface area contributed by atoms with Crippen LogP contribution in [-0.4, -0.2) is 68.5 Å². The van der Waals surface area contributed by atoms with Gasteiger partial charge in [-0.2, -0.15) is 0 Å². The minimum atomic E-state index is -0.409. The fourth-order valence-electron chi connectivity index (χ4n) is 6.13. The fraction of sp³-hybridized carbons (Fsp3) is 0.500. The topological polar surface area (TPSA) is 68.7 Å². The van der Waals surface area contributed by atoms with E-state index in [9.17, 15) is 4.39 Å². The average molecular weight is 493 g/mol. The molecule has 0 amide bonds. The monoisotopic (exact) mass is 492 g/mol. The lowest BCUT2D eigenvalue weighted by molar-refractivity contribution is 0.0847. The highest BCUT2D eigenvalue weighted by Gasteiger charge is 2.61. The Morgan fingerprint density at radius 2 is 2.14 bits per heavy atom. The van der Waals surface area contributed by atoms with E-state index in [1.165, 1.54) is 0 Å². The molecule has 1 N–H and O–H groups in total. The van der Waals surface area contributed by atoms with Crippen LogP contribution in [0.2, 0.25) is 0 Å². The van der Waals surface area contributed by atoms with Crippen molar-refractivity contribution in [1.82, 2.24) is 14.9 Å². The molecule has 2 fully saturated rings. The van der Waals surface area contributed by atoms with E-state index in [4.69, 9.17) is 19.2 Å². The summed E-state index contributed by atoms with van der Waals surface area (Å²) < 4.78 is 31.9. The predicted molar refractivity (Wildman–Crippen MR) is 135 cm³/mol. The van der Waals surface area contributed by atoms with E-state index < -0.39 is 5.41 Å². The Morgan fingerprint density at radius 3 is 3.03 bits per heavy atom. The molecule has 5 aliphatic rings. The van der Waals surface area contributed by atoms with E-state index in [0.29, 0.717) is 38.3 Å². The highest BCUT2D eigenvalue weighted by molar-refractivity contribution is 5.51. The normalized spacial score (nSPS) is 34.2. The number of nitrogens with one attached hydrogen (secondary N) is 1. The van der Waals surface area contributed by atoms with Gasteiger partial charge in [-0.1, -0.05) is 12.2 Å². The number of fused-ring (bicyclic) bond motifs is 2. The maximum absolute atomic E-state index is 14.7. The first-order valence-corrected chi connectivity index (χ1v) is 12.7. The molecule has 8 heteroatoms. The first kappa shape index (κ1) is 23.6. The predicted octanol–water partition coefficient (Wildman–Crippen LogP) is 3.91. The van der Waals surface area contributed by atoms with Crippen molar-refractivity contribution >= 4 is 5.95 Å². The third-order valence-corrected chi connectivity index (χ3v) is 8.08. The van der Waals surface area contributed by atoms with Gasteiger partial charge in [0.1, 0.15) is 18.2 Å². The van der Waals surface area contributed by atoms with Crippen LogP contribution in [0.5, 0.6) is 0 Å². The van der Waals surface area contributed by atoms with Crippen LogP contribution in [0.3, 0.4) is 0 Å². The van der Waals surface area contributed by atoms with Crippen LogP contribution < -0.4 is 5.32 Å². The third kappa shape index (κ3) is 4.21. The van der Waals surface area contributed by atoms with Crippen LogP contribution >= 0.6 is 0 Å². The third-order valence-electron chi connectivity index (χ3n) is 8.08. The van der Waals surface area contributed by atoms with Gasteiger partial charge in [-0.3, -0.25) is 0 Å². The number of allylic oxidation sites excluding steroid dienone is 6. The van der Waals surface area contributed by atoms with E-state index in [2.05, 4.69) is 40.5 Å². The van der Waals surface area contributed by atoms with E-state index in [-0.39, 0.29) is 17.2 Å². The van der Waals surface area contributed by atoms with Crippen molar-refractivity contribution in [3.05, 3.63) is 77.3 Å². The summed E-state index contributed by atoms with van der Waals surface area (Å²) in [7, 11) is 3.82. The van der Waals surface area contributed by atoms with Gasteiger partial charge >= 0.3 is 0 Å². The van der Waals surface area contributed by atoms with Crippen LogP contribution in [0.1, 0.15) is 18.5 Å². The summed E-state index contributed by atoms with van der Waals surface area (Å²) in [5.41, 5.74) is 2.46. The molecule has 36 heavy (non-hydrogen) atoms. The molecule has 0 spiro atoms. The zero-order chi connectivity index (χ0) is 24.8. The lowest BCUT2D eigenvalue weighted by atomic mass is 9.90. The quantitative estimate of drug-likeness (QED) is 0.505. The maximum Gasteiger partial charge on any atom is 0.227 e. The van der Waals surface area contributed by atoms with Gasteiger partial charge in [-0.25, -0.2) is 14.4 Å². The Balaban J connectivity index is 1.32. The number of hydrogen-bond donors (Lipinski definition) is 1. The summed E-state index contributed by atoms with van der Waals surface area (Å²) >= 11 is 0. The molecule has 190 valence electrons. The summed E-state index contributed by atoms with van der Waals surface area (Å²) in [6.07, 6.45) is 15.3. The lowest BCUT2D eigenvalue weighted by Crippen LogP contribution is -2.32. The van der Waals surface area contributed by atoms with Crippen molar-refractivity contribution in [2.45, 2.75) is 18.3 Å². The number of likely N-dealkylation sites (N-methyl/N-ethyl adjacent to an activating group) is 1. The van der Waals surface area contributed by atoms with Gasteiger partial charge < -0.3 is 24.4 Å². The molecule has 2 heterocycles. The Labute approximate surface area is 211 Å². The molecule has 6 rings (SSSR count). The van der Waals surface area contributed by atoms with Crippen LogP contribution in [0, 0.1) is 17.3 Å². The SMILES string of the molecule is COCCOC1=CC=C2Nc3nccc(n3)C34C=C(F)C=C(COC/C=C/CN(C)CC15CC25)C3C4. The molecule has 1 aromatic rings. The van der Waals surface area contributed by atoms with E-state index in [1.807, 2.05) is 12.1 Å². The number of aromatic nitrogens is 2. The molecule has 2 saturated carbocycles. The maximum atomic E-state index is 14.7. The molecular formula is C28H33FN4O3. The van der Waals surface area contributed by atoms with Crippen LogP contribution in [0.25, 0.3) is 0 Å². The lowest BCUT2D eigenvalue weighted by Gasteiger charge is -2.29. The Bertz CT molecular complexity index is 1190. The first-order valence-electron chi connectivity index (χ1n) is 12.7. The standard InChI is InChI=1S/C28H33FN4O3/c1-33-9-3-4-10-35-17-19-13-20(29)14-27(15-21(19)27)24-7-8-30-26(32-24)31-23-5-6-25(36-12-11-34-2)28(18-33)16-22(23)28/h3-8,13-14,21-22H,9-12,15-18H2,1-2H3,(H,30,31,32)/b4-3+. The summed E-state index contributed by atoms with van der Waals surface area (Å²) in [6, 6.07) is 1.91. The number of ether oxygens (including phenoxy) is 3. The van der Waals surface area contributed by atoms with Gasteiger partial charge in [0.15, 0.2) is 0 Å². The highest BCUT2D eigenvalue weighted by atomic mass is 19.1. The second kappa shape index (κ2) is 9.25. The van der Waals surface area contributed by atoms with E-state index >= 15 is 0 Å². The van der Waals surface area contributed by atoms with Crippen molar-refractivity contribution in [2.75, 3.05) is 59.0 Å². The van der Waals surface area contributed by atoms with Crippen LogP contribution in [0.15, 0.2) is 71.6 Å². The Hall–Kier alpha value is -2.81. The van der Waals surface area contributed by atoms with Crippen molar-refractivity contribution in [3.8, 4) is 0 Å². The highest BCUT2D eigenvalue weighted by Crippen LogP contribution is 2.64. The van der Waals surface area contributed by atoms with Crippen molar-refractivity contribution in [1.29, 1.82) is 0 Å². The van der Waals surface area contributed by atoms with Gasteiger partial charge in [0, 0.05) is 48.8 Å². The summed E-state index contributed by atoms with van der Waals surface area (Å²) in [4.78, 5) is 11.7. The van der Waals surface area contributed by atoms with Gasteiger partial charge in [0.05, 0.1) is 25.5 Å².